The van der Waals surface area contributed by atoms with Gasteiger partial charge in [0.25, 0.3) is 0 Å². The Morgan fingerprint density at radius 3 is 2.91 bits per heavy atom. The van der Waals surface area contributed by atoms with E-state index >= 15 is 0 Å². The van der Waals surface area contributed by atoms with Crippen LogP contribution in [0.15, 0.2) is 0 Å². The third-order valence-corrected chi connectivity index (χ3v) is 2.35. The van der Waals surface area contributed by atoms with Gasteiger partial charge in [-0.1, -0.05) is 6.92 Å². The zero-order chi connectivity index (χ0) is 8.43. The summed E-state index contributed by atoms with van der Waals surface area (Å²) in [6.07, 6.45) is 0.297. The van der Waals surface area contributed by atoms with Gasteiger partial charge in [0.1, 0.15) is 0 Å². The first-order valence-electron chi connectivity index (χ1n) is 4.13. The monoisotopic (exact) mass is 157 g/mol. The summed E-state index contributed by atoms with van der Waals surface area (Å²) in [6.45, 7) is 5.22. The van der Waals surface area contributed by atoms with Gasteiger partial charge in [-0.25, -0.2) is 0 Å². The number of aliphatic hydroxyl groups excluding tert-OH is 1. The second-order valence-electron chi connectivity index (χ2n) is 3.06. The van der Waals surface area contributed by atoms with Crippen molar-refractivity contribution in [1.82, 2.24) is 4.90 Å². The number of amides is 1. The molecule has 1 saturated heterocycles. The molecule has 0 bridgehead atoms. The Bertz CT molecular complexity index is 154. The lowest BCUT2D eigenvalue weighted by Gasteiger charge is -2.32. The van der Waals surface area contributed by atoms with Crippen LogP contribution >= 0.6 is 0 Å². The van der Waals surface area contributed by atoms with Gasteiger partial charge >= 0.3 is 0 Å². The Balaban J connectivity index is 2.59. The maximum Gasteiger partial charge on any atom is 0.228 e. The molecular formula is C8H15NO2. The molecule has 1 heterocycles. The minimum absolute atomic E-state index is 0.0891. The number of likely N-dealkylation sites (tertiary alicyclic amines) is 1. The highest BCUT2D eigenvalue weighted by atomic mass is 16.3. The average molecular weight is 157 g/mol. The fourth-order valence-electron chi connectivity index (χ4n) is 1.41. The Kier molecular flexibility index (Phi) is 2.49. The SMILES string of the molecule is CCN1CC[C@H](O)[C@H](C)C1=O. The summed E-state index contributed by atoms with van der Waals surface area (Å²) >= 11 is 0. The Morgan fingerprint density at radius 2 is 2.36 bits per heavy atom. The molecule has 0 radical (unpaired) electrons. The Labute approximate surface area is 67.0 Å². The minimum atomic E-state index is -0.426. The van der Waals surface area contributed by atoms with E-state index in [4.69, 9.17) is 0 Å². The first-order valence-corrected chi connectivity index (χ1v) is 4.13. The topological polar surface area (TPSA) is 40.5 Å². The van der Waals surface area contributed by atoms with Crippen LogP contribution in [0.1, 0.15) is 20.3 Å². The lowest BCUT2D eigenvalue weighted by molar-refractivity contribution is -0.143. The maximum atomic E-state index is 11.3. The van der Waals surface area contributed by atoms with Crippen molar-refractivity contribution < 1.29 is 9.90 Å². The normalized spacial score (nSPS) is 32.6. The zero-order valence-corrected chi connectivity index (χ0v) is 7.08. The summed E-state index contributed by atoms with van der Waals surface area (Å²) in [6, 6.07) is 0. The van der Waals surface area contributed by atoms with Crippen LogP contribution in [0, 0.1) is 5.92 Å². The number of piperidine rings is 1. The highest BCUT2D eigenvalue weighted by molar-refractivity contribution is 5.79. The molecule has 0 aromatic rings. The van der Waals surface area contributed by atoms with E-state index in [1.165, 1.54) is 0 Å². The zero-order valence-electron chi connectivity index (χ0n) is 7.08. The molecule has 1 amide bonds. The molecule has 1 aliphatic heterocycles. The highest BCUT2D eigenvalue weighted by Crippen LogP contribution is 2.17. The van der Waals surface area contributed by atoms with E-state index in [0.29, 0.717) is 6.54 Å². The summed E-state index contributed by atoms with van der Waals surface area (Å²) in [5.74, 6) is -0.116. The van der Waals surface area contributed by atoms with Gasteiger partial charge in [0.05, 0.1) is 12.0 Å². The van der Waals surface area contributed by atoms with Gasteiger partial charge < -0.3 is 10.0 Å². The molecule has 1 fully saturated rings. The number of hydrogen-bond donors (Lipinski definition) is 1. The summed E-state index contributed by atoms with van der Waals surface area (Å²) in [5.41, 5.74) is 0. The number of hydrogen-bond acceptors (Lipinski definition) is 2. The van der Waals surface area contributed by atoms with Crippen LogP contribution in [0.4, 0.5) is 0 Å². The van der Waals surface area contributed by atoms with Crippen molar-refractivity contribution in [2.75, 3.05) is 13.1 Å². The average Bonchev–Trinajstić information content (AvgIpc) is 2.01. The van der Waals surface area contributed by atoms with E-state index in [2.05, 4.69) is 0 Å². The standard InChI is InChI=1S/C8H15NO2/c1-3-9-5-4-7(10)6(2)8(9)11/h6-7,10H,3-5H2,1-2H3/t6-,7-/m0/s1. The Morgan fingerprint density at radius 1 is 1.73 bits per heavy atom. The molecule has 0 aromatic heterocycles. The molecule has 0 spiro atoms. The summed E-state index contributed by atoms with van der Waals surface area (Å²) in [7, 11) is 0. The van der Waals surface area contributed by atoms with Crippen molar-refractivity contribution in [1.29, 1.82) is 0 Å². The van der Waals surface area contributed by atoms with E-state index in [9.17, 15) is 9.90 Å². The molecule has 11 heavy (non-hydrogen) atoms. The van der Waals surface area contributed by atoms with Gasteiger partial charge in [-0.2, -0.15) is 0 Å². The predicted octanol–water partition coefficient (Wildman–Crippen LogP) is 0.236. The second-order valence-corrected chi connectivity index (χ2v) is 3.06. The van der Waals surface area contributed by atoms with Gasteiger partial charge in [-0.3, -0.25) is 4.79 Å². The maximum absolute atomic E-state index is 11.3. The van der Waals surface area contributed by atoms with Gasteiger partial charge in [0.15, 0.2) is 0 Å². The van der Waals surface area contributed by atoms with Crippen LogP contribution in [0.2, 0.25) is 0 Å². The first-order chi connectivity index (χ1) is 5.16. The van der Waals surface area contributed by atoms with Crippen molar-refractivity contribution in [3.8, 4) is 0 Å². The molecular weight excluding hydrogens is 142 g/mol. The molecule has 1 aliphatic rings. The Hall–Kier alpha value is -0.570. The lowest BCUT2D eigenvalue weighted by Crippen LogP contribution is -2.46. The third-order valence-electron chi connectivity index (χ3n) is 2.35. The van der Waals surface area contributed by atoms with Gasteiger partial charge in [0, 0.05) is 13.1 Å². The van der Waals surface area contributed by atoms with Crippen LogP contribution in [-0.2, 0) is 4.79 Å². The van der Waals surface area contributed by atoms with Crippen molar-refractivity contribution in [2.24, 2.45) is 5.92 Å². The number of carbonyl (C=O) groups excluding carboxylic acids is 1. The van der Waals surface area contributed by atoms with Crippen LogP contribution in [0.3, 0.4) is 0 Å². The largest absolute Gasteiger partial charge is 0.392 e. The predicted molar refractivity (Wildman–Crippen MR) is 42.0 cm³/mol. The molecule has 2 atom stereocenters. The molecule has 0 aliphatic carbocycles. The van der Waals surface area contributed by atoms with Crippen LogP contribution in [-0.4, -0.2) is 35.1 Å². The number of aliphatic hydroxyl groups is 1. The molecule has 3 heteroatoms. The number of rotatable bonds is 1. The van der Waals surface area contributed by atoms with E-state index in [1.54, 1.807) is 11.8 Å². The second kappa shape index (κ2) is 3.22. The quantitative estimate of drug-likeness (QED) is 0.592. The molecule has 1 rings (SSSR count). The minimum Gasteiger partial charge on any atom is -0.392 e. The fourth-order valence-corrected chi connectivity index (χ4v) is 1.41. The van der Waals surface area contributed by atoms with Crippen LogP contribution < -0.4 is 0 Å². The first kappa shape index (κ1) is 8.53. The van der Waals surface area contributed by atoms with Crippen molar-refractivity contribution in [2.45, 2.75) is 26.4 Å². The van der Waals surface area contributed by atoms with Crippen LogP contribution in [0.25, 0.3) is 0 Å². The molecule has 0 saturated carbocycles. The summed E-state index contributed by atoms with van der Waals surface area (Å²) in [4.78, 5) is 13.1. The van der Waals surface area contributed by atoms with Gasteiger partial charge in [0.2, 0.25) is 5.91 Å². The van der Waals surface area contributed by atoms with Gasteiger partial charge in [-0.15, -0.1) is 0 Å². The van der Waals surface area contributed by atoms with Crippen molar-refractivity contribution >= 4 is 5.91 Å². The molecule has 3 nitrogen and oxygen atoms in total. The number of carbonyl (C=O) groups is 1. The molecule has 0 unspecified atom stereocenters. The molecule has 0 aromatic carbocycles. The molecule has 64 valence electrons. The summed E-state index contributed by atoms with van der Waals surface area (Å²) < 4.78 is 0. The van der Waals surface area contributed by atoms with Gasteiger partial charge in [-0.05, 0) is 13.3 Å². The highest BCUT2D eigenvalue weighted by Gasteiger charge is 2.30. The number of nitrogens with zero attached hydrogens (tertiary/aromatic N) is 1. The van der Waals surface area contributed by atoms with E-state index in [1.807, 2.05) is 6.92 Å². The van der Waals surface area contributed by atoms with E-state index in [-0.39, 0.29) is 11.8 Å². The van der Waals surface area contributed by atoms with Crippen molar-refractivity contribution in [3.05, 3.63) is 0 Å². The summed E-state index contributed by atoms with van der Waals surface area (Å²) in [5, 5.41) is 9.31. The van der Waals surface area contributed by atoms with Crippen molar-refractivity contribution in [3.63, 3.8) is 0 Å². The smallest absolute Gasteiger partial charge is 0.228 e. The lowest BCUT2D eigenvalue weighted by atomic mass is 9.96. The third kappa shape index (κ3) is 1.53. The molecule has 1 N–H and O–H groups in total. The fraction of sp³-hybridized carbons (Fsp3) is 0.875. The van der Waals surface area contributed by atoms with E-state index < -0.39 is 6.10 Å². The van der Waals surface area contributed by atoms with Crippen LogP contribution in [0.5, 0.6) is 0 Å². The van der Waals surface area contributed by atoms with E-state index in [0.717, 1.165) is 13.0 Å².